The monoisotopic (exact) mass is 492 g/mol. The maximum Gasteiger partial charge on any atom is 0.226 e. The molecule has 1 aromatic heterocycles. The first-order valence-corrected chi connectivity index (χ1v) is 11.5. The number of benzene rings is 2. The third-order valence-electron chi connectivity index (χ3n) is 6.52. The normalized spacial score (nSPS) is 16.6. The molecule has 0 saturated carbocycles. The lowest BCUT2D eigenvalue weighted by molar-refractivity contribution is -0.116. The van der Waals surface area contributed by atoms with Gasteiger partial charge in [-0.3, -0.25) is 4.79 Å². The number of Topliss-reactive ketones (excluding diaryl/α,β-unsaturated/α-hetero) is 1. The first-order valence-electron chi connectivity index (χ1n) is 11.5. The van der Waals surface area contributed by atoms with E-state index >= 15 is 0 Å². The lowest BCUT2D eigenvalue weighted by Crippen LogP contribution is -2.31. The quantitative estimate of drug-likeness (QED) is 0.524. The summed E-state index contributed by atoms with van der Waals surface area (Å²) in [6.45, 7) is 0. The Morgan fingerprint density at radius 1 is 0.889 bits per heavy atom. The van der Waals surface area contributed by atoms with E-state index in [1.165, 1.54) is 0 Å². The zero-order valence-corrected chi connectivity index (χ0v) is 20.9. The van der Waals surface area contributed by atoms with E-state index in [-0.39, 0.29) is 5.78 Å². The molecule has 3 aromatic rings. The third-order valence-corrected chi connectivity index (χ3v) is 6.52. The molecule has 0 spiro atoms. The molecule has 2 aromatic carbocycles. The molecule has 10 nitrogen and oxygen atoms in total. The number of anilines is 1. The maximum atomic E-state index is 13.2. The highest BCUT2D eigenvalue weighted by atomic mass is 16.5. The molecule has 5 rings (SSSR count). The van der Waals surface area contributed by atoms with E-state index in [4.69, 9.17) is 33.8 Å². The van der Waals surface area contributed by atoms with E-state index in [0.29, 0.717) is 58.1 Å². The van der Waals surface area contributed by atoms with Crippen LogP contribution in [-0.2, 0) is 4.79 Å². The van der Waals surface area contributed by atoms with Crippen molar-refractivity contribution in [2.24, 2.45) is 0 Å². The van der Waals surface area contributed by atoms with Crippen LogP contribution in [0.1, 0.15) is 30.9 Å². The molecule has 0 fully saturated rings. The van der Waals surface area contributed by atoms with E-state index in [1.807, 2.05) is 18.2 Å². The Balaban J connectivity index is 1.71. The van der Waals surface area contributed by atoms with Crippen molar-refractivity contribution in [1.29, 1.82) is 0 Å². The fourth-order valence-electron chi connectivity index (χ4n) is 4.83. The van der Waals surface area contributed by atoms with E-state index in [1.54, 1.807) is 52.4 Å². The number of rotatable bonds is 7. The Hall–Kier alpha value is -4.21. The van der Waals surface area contributed by atoms with E-state index < -0.39 is 6.04 Å². The van der Waals surface area contributed by atoms with E-state index in [2.05, 4.69) is 5.32 Å². The Labute approximate surface area is 208 Å². The minimum atomic E-state index is -0.530. The van der Waals surface area contributed by atoms with Crippen molar-refractivity contribution in [3.8, 4) is 40.1 Å². The molecular weight excluding hydrogens is 464 g/mol. The lowest BCUT2D eigenvalue weighted by atomic mass is 9.85. The van der Waals surface area contributed by atoms with Crippen LogP contribution in [-0.4, -0.2) is 56.1 Å². The standard InChI is InChI=1S/C26H28N4O6/c1-32-15-9-10-19(33-2)16(13-15)23-22-17(7-6-8-18(22)31)27-26-28-25(29-30(23)26)14-11-20(34-3)24(36-5)21(12-14)35-4/h9-13,23H,6-8H2,1-5H3,(H,27,28,29). The van der Waals surface area contributed by atoms with Crippen LogP contribution >= 0.6 is 0 Å². The van der Waals surface area contributed by atoms with Gasteiger partial charge in [0.1, 0.15) is 17.5 Å². The number of aromatic nitrogens is 3. The molecule has 0 amide bonds. The smallest absolute Gasteiger partial charge is 0.226 e. The van der Waals surface area contributed by atoms with Gasteiger partial charge in [-0.1, -0.05) is 0 Å². The van der Waals surface area contributed by atoms with Gasteiger partial charge in [0.25, 0.3) is 0 Å². The molecule has 1 atom stereocenters. The van der Waals surface area contributed by atoms with Gasteiger partial charge in [-0.05, 0) is 43.2 Å². The fourth-order valence-corrected chi connectivity index (χ4v) is 4.83. The van der Waals surface area contributed by atoms with Crippen molar-refractivity contribution in [2.45, 2.75) is 25.3 Å². The van der Waals surface area contributed by atoms with Gasteiger partial charge in [0.15, 0.2) is 23.1 Å². The Kier molecular flexibility index (Phi) is 6.17. The Morgan fingerprint density at radius 3 is 2.25 bits per heavy atom. The number of hydrogen-bond acceptors (Lipinski definition) is 9. The van der Waals surface area contributed by atoms with Crippen LogP contribution < -0.4 is 29.0 Å². The number of fused-ring (bicyclic) bond motifs is 1. The first kappa shape index (κ1) is 23.5. The molecular formula is C26H28N4O6. The number of hydrogen-bond donors (Lipinski definition) is 1. The molecule has 1 aliphatic carbocycles. The number of carbonyl (C=O) groups is 1. The van der Waals surface area contributed by atoms with Gasteiger partial charge in [0.05, 0.1) is 35.5 Å². The van der Waals surface area contributed by atoms with Crippen molar-refractivity contribution < 1.29 is 28.5 Å². The van der Waals surface area contributed by atoms with E-state index in [9.17, 15) is 4.79 Å². The summed E-state index contributed by atoms with van der Waals surface area (Å²) >= 11 is 0. The maximum absolute atomic E-state index is 13.2. The topological polar surface area (TPSA) is 106 Å². The van der Waals surface area contributed by atoms with Crippen LogP contribution in [0.4, 0.5) is 5.95 Å². The number of carbonyl (C=O) groups excluding carboxylic acids is 1. The molecule has 1 N–H and O–H groups in total. The van der Waals surface area contributed by atoms with Gasteiger partial charge in [-0.2, -0.15) is 4.98 Å². The third kappa shape index (κ3) is 3.78. The summed E-state index contributed by atoms with van der Waals surface area (Å²) in [7, 11) is 7.88. The Morgan fingerprint density at radius 2 is 1.61 bits per heavy atom. The highest BCUT2D eigenvalue weighted by molar-refractivity contribution is 5.99. The molecule has 2 aliphatic rings. The predicted octanol–water partition coefficient (Wildman–Crippen LogP) is 4.01. The Bertz CT molecular complexity index is 1340. The molecule has 36 heavy (non-hydrogen) atoms. The minimum Gasteiger partial charge on any atom is -0.497 e. The average Bonchev–Trinajstić information content (AvgIpc) is 3.34. The summed E-state index contributed by atoms with van der Waals surface area (Å²) in [5.41, 5.74) is 2.97. The van der Waals surface area contributed by atoms with Gasteiger partial charge in [0.2, 0.25) is 11.7 Å². The van der Waals surface area contributed by atoms with Gasteiger partial charge in [0, 0.05) is 28.8 Å². The summed E-state index contributed by atoms with van der Waals surface area (Å²) in [5, 5.41) is 8.20. The van der Waals surface area contributed by atoms with Crippen LogP contribution in [0.5, 0.6) is 28.7 Å². The van der Waals surface area contributed by atoms with Gasteiger partial charge in [-0.25, -0.2) is 4.68 Å². The SMILES string of the molecule is COc1ccc(OC)c(C2C3=C(CCCC3=O)Nc3nc(-c4cc(OC)c(OC)c(OC)c4)nn32)c1. The summed E-state index contributed by atoms with van der Waals surface area (Å²) in [4.78, 5) is 18.0. The second-order valence-electron chi connectivity index (χ2n) is 8.42. The van der Waals surface area contributed by atoms with Crippen molar-refractivity contribution in [3.05, 3.63) is 47.2 Å². The number of nitrogens with one attached hydrogen (secondary N) is 1. The van der Waals surface area contributed by atoms with Crippen LogP contribution in [0.3, 0.4) is 0 Å². The second kappa shape index (κ2) is 9.44. The molecule has 0 saturated heterocycles. The van der Waals surface area contributed by atoms with Crippen molar-refractivity contribution in [2.75, 3.05) is 40.9 Å². The second-order valence-corrected chi connectivity index (χ2v) is 8.42. The minimum absolute atomic E-state index is 0.0779. The number of ether oxygens (including phenoxy) is 5. The number of ketones is 1. The van der Waals surface area contributed by atoms with Crippen molar-refractivity contribution in [3.63, 3.8) is 0 Å². The first-order chi connectivity index (χ1) is 17.5. The summed E-state index contributed by atoms with van der Waals surface area (Å²) in [6.07, 6.45) is 2.00. The lowest BCUT2D eigenvalue weighted by Gasteiger charge is -2.32. The molecule has 0 radical (unpaired) electrons. The molecule has 0 bridgehead atoms. The summed E-state index contributed by atoms with van der Waals surface area (Å²) < 4.78 is 29.4. The highest BCUT2D eigenvalue weighted by Gasteiger charge is 2.38. The number of methoxy groups -OCH3 is 5. The molecule has 1 unspecified atom stereocenters. The largest absolute Gasteiger partial charge is 0.497 e. The summed E-state index contributed by atoms with van der Waals surface area (Å²) in [6, 6.07) is 8.60. The molecule has 10 heteroatoms. The van der Waals surface area contributed by atoms with Gasteiger partial charge in [-0.15, -0.1) is 5.10 Å². The molecule has 188 valence electrons. The van der Waals surface area contributed by atoms with Crippen molar-refractivity contribution in [1.82, 2.24) is 14.8 Å². The van der Waals surface area contributed by atoms with Crippen LogP contribution in [0.2, 0.25) is 0 Å². The summed E-state index contributed by atoms with van der Waals surface area (Å²) in [5.74, 6) is 3.79. The number of nitrogens with zero attached hydrogens (tertiary/aromatic N) is 3. The van der Waals surface area contributed by atoms with Crippen LogP contribution in [0.25, 0.3) is 11.4 Å². The molecule has 1 aliphatic heterocycles. The van der Waals surface area contributed by atoms with Gasteiger partial charge < -0.3 is 29.0 Å². The predicted molar refractivity (Wildman–Crippen MR) is 132 cm³/mol. The van der Waals surface area contributed by atoms with E-state index in [0.717, 1.165) is 24.1 Å². The fraction of sp³-hybridized carbons (Fsp3) is 0.346. The number of allylic oxidation sites excluding steroid dienone is 2. The van der Waals surface area contributed by atoms with Gasteiger partial charge >= 0.3 is 0 Å². The van der Waals surface area contributed by atoms with Crippen molar-refractivity contribution >= 4 is 11.7 Å². The zero-order valence-electron chi connectivity index (χ0n) is 20.9. The van der Waals surface area contributed by atoms with Crippen LogP contribution in [0, 0.1) is 0 Å². The highest BCUT2D eigenvalue weighted by Crippen LogP contribution is 2.45. The average molecular weight is 493 g/mol. The molecule has 2 heterocycles. The van der Waals surface area contributed by atoms with Crippen LogP contribution in [0.15, 0.2) is 41.6 Å². The zero-order chi connectivity index (χ0) is 25.4.